The van der Waals surface area contributed by atoms with Gasteiger partial charge in [0, 0.05) is 33.0 Å². The number of carbonyl (C=O) groups is 3. The van der Waals surface area contributed by atoms with Crippen molar-refractivity contribution in [1.82, 2.24) is 9.80 Å². The summed E-state index contributed by atoms with van der Waals surface area (Å²) in [6.07, 6.45) is 2.77. The summed E-state index contributed by atoms with van der Waals surface area (Å²) >= 11 is 0. The molecule has 1 atom stereocenters. The molecule has 1 aromatic rings. The molecule has 0 aliphatic carbocycles. The van der Waals surface area contributed by atoms with Crippen LogP contribution in [0, 0.1) is 6.92 Å². The number of hydrogen-bond acceptors (Lipinski definition) is 3. The Balaban J connectivity index is 1.80. The minimum atomic E-state index is -0.303. The summed E-state index contributed by atoms with van der Waals surface area (Å²) in [5.74, 6) is -0.155. The van der Waals surface area contributed by atoms with E-state index in [-0.39, 0.29) is 30.7 Å². The number of aldehydes is 1. The van der Waals surface area contributed by atoms with Crippen molar-refractivity contribution in [2.75, 3.05) is 13.6 Å². The van der Waals surface area contributed by atoms with Crippen LogP contribution in [0.1, 0.15) is 36.8 Å². The Labute approximate surface area is 137 Å². The van der Waals surface area contributed by atoms with Gasteiger partial charge in [0.25, 0.3) is 0 Å². The third-order valence-corrected chi connectivity index (χ3v) is 4.30. The van der Waals surface area contributed by atoms with Gasteiger partial charge in [-0.25, -0.2) is 0 Å². The molecule has 2 rings (SSSR count). The standard InChI is InChI=1S/C18H24N2O3/c1-14-5-7-15(8-6-14)12-19(2)17(22)9-10-18(23)20-11-3-4-16(20)13-21/h5-8,13,16H,3-4,9-12H2,1-2H3/t16-/m0/s1. The van der Waals surface area contributed by atoms with Crippen LogP contribution >= 0.6 is 0 Å². The van der Waals surface area contributed by atoms with Gasteiger partial charge in [0.1, 0.15) is 6.29 Å². The van der Waals surface area contributed by atoms with Gasteiger partial charge in [0.15, 0.2) is 0 Å². The number of benzene rings is 1. The molecule has 2 amide bonds. The molecular formula is C18H24N2O3. The van der Waals surface area contributed by atoms with E-state index < -0.39 is 0 Å². The minimum absolute atomic E-state index is 0.0548. The number of amides is 2. The van der Waals surface area contributed by atoms with E-state index in [1.807, 2.05) is 31.2 Å². The highest BCUT2D eigenvalue weighted by Crippen LogP contribution is 2.17. The molecule has 0 radical (unpaired) electrons. The van der Waals surface area contributed by atoms with Crippen LogP contribution in [0.4, 0.5) is 0 Å². The first-order chi connectivity index (χ1) is 11.0. The van der Waals surface area contributed by atoms with Crippen molar-refractivity contribution >= 4 is 18.1 Å². The molecule has 0 saturated carbocycles. The van der Waals surface area contributed by atoms with Crippen LogP contribution < -0.4 is 0 Å². The Hall–Kier alpha value is -2.17. The van der Waals surface area contributed by atoms with Gasteiger partial charge in [0.05, 0.1) is 6.04 Å². The minimum Gasteiger partial charge on any atom is -0.341 e. The SMILES string of the molecule is Cc1ccc(CN(C)C(=O)CCC(=O)N2CCC[C@H]2C=O)cc1. The fourth-order valence-corrected chi connectivity index (χ4v) is 2.85. The van der Waals surface area contributed by atoms with E-state index in [1.54, 1.807) is 16.8 Å². The lowest BCUT2D eigenvalue weighted by atomic mass is 10.1. The molecule has 0 aromatic heterocycles. The molecule has 1 aliphatic rings. The molecule has 5 nitrogen and oxygen atoms in total. The number of nitrogens with zero attached hydrogens (tertiary/aromatic N) is 2. The van der Waals surface area contributed by atoms with Gasteiger partial charge in [0.2, 0.25) is 11.8 Å². The average Bonchev–Trinajstić information content (AvgIpc) is 3.03. The quantitative estimate of drug-likeness (QED) is 0.754. The fraction of sp³-hybridized carbons (Fsp3) is 0.500. The van der Waals surface area contributed by atoms with Gasteiger partial charge in [-0.05, 0) is 25.3 Å². The fourth-order valence-electron chi connectivity index (χ4n) is 2.85. The summed E-state index contributed by atoms with van der Waals surface area (Å²) < 4.78 is 0. The molecule has 0 bridgehead atoms. The van der Waals surface area contributed by atoms with Crippen molar-refractivity contribution in [1.29, 1.82) is 0 Å². The van der Waals surface area contributed by atoms with E-state index in [1.165, 1.54) is 5.56 Å². The number of rotatable bonds is 6. The molecule has 1 heterocycles. The second-order valence-corrected chi connectivity index (χ2v) is 6.17. The molecule has 0 unspecified atom stereocenters. The third kappa shape index (κ3) is 4.65. The van der Waals surface area contributed by atoms with Gasteiger partial charge >= 0.3 is 0 Å². The van der Waals surface area contributed by atoms with E-state index in [4.69, 9.17) is 0 Å². The number of likely N-dealkylation sites (tertiary alicyclic amines) is 1. The van der Waals surface area contributed by atoms with E-state index in [0.29, 0.717) is 13.1 Å². The molecular weight excluding hydrogens is 292 g/mol. The topological polar surface area (TPSA) is 57.7 Å². The maximum Gasteiger partial charge on any atom is 0.223 e. The summed E-state index contributed by atoms with van der Waals surface area (Å²) in [6, 6.07) is 7.74. The van der Waals surface area contributed by atoms with E-state index >= 15 is 0 Å². The third-order valence-electron chi connectivity index (χ3n) is 4.30. The highest BCUT2D eigenvalue weighted by atomic mass is 16.2. The molecule has 1 saturated heterocycles. The Morgan fingerprint density at radius 2 is 1.96 bits per heavy atom. The summed E-state index contributed by atoms with van der Waals surface area (Å²) in [4.78, 5) is 38.5. The number of hydrogen-bond donors (Lipinski definition) is 0. The Morgan fingerprint density at radius 3 is 2.61 bits per heavy atom. The molecule has 0 N–H and O–H groups in total. The second kappa shape index (κ2) is 7.90. The van der Waals surface area contributed by atoms with Gasteiger partial charge in [-0.2, -0.15) is 0 Å². The largest absolute Gasteiger partial charge is 0.341 e. The maximum atomic E-state index is 12.2. The lowest BCUT2D eigenvalue weighted by Gasteiger charge is -2.21. The summed E-state index contributed by atoms with van der Waals surface area (Å²) in [5.41, 5.74) is 2.25. The first-order valence-electron chi connectivity index (χ1n) is 8.05. The Kier molecular flexibility index (Phi) is 5.90. The Bertz CT molecular complexity index is 568. The van der Waals surface area contributed by atoms with Crippen molar-refractivity contribution in [3.63, 3.8) is 0 Å². The van der Waals surface area contributed by atoms with Crippen LogP contribution in [0.3, 0.4) is 0 Å². The van der Waals surface area contributed by atoms with E-state index in [9.17, 15) is 14.4 Å². The lowest BCUT2D eigenvalue weighted by Crippen LogP contribution is -2.37. The van der Waals surface area contributed by atoms with Gasteiger partial charge in [-0.15, -0.1) is 0 Å². The molecule has 124 valence electrons. The first-order valence-corrected chi connectivity index (χ1v) is 8.05. The van der Waals surface area contributed by atoms with Crippen molar-refractivity contribution in [2.24, 2.45) is 0 Å². The normalized spacial score (nSPS) is 17.1. The van der Waals surface area contributed by atoms with Crippen LogP contribution in [0.15, 0.2) is 24.3 Å². The average molecular weight is 316 g/mol. The van der Waals surface area contributed by atoms with Crippen LogP contribution in [0.2, 0.25) is 0 Å². The van der Waals surface area contributed by atoms with Crippen LogP contribution in [-0.4, -0.2) is 47.5 Å². The van der Waals surface area contributed by atoms with Gasteiger partial charge < -0.3 is 14.6 Å². The van der Waals surface area contributed by atoms with Crippen molar-refractivity contribution < 1.29 is 14.4 Å². The maximum absolute atomic E-state index is 12.2. The van der Waals surface area contributed by atoms with Crippen molar-refractivity contribution in [2.45, 2.75) is 45.2 Å². The number of aryl methyl sites for hydroxylation is 1. The van der Waals surface area contributed by atoms with Crippen LogP contribution in [0.5, 0.6) is 0 Å². The van der Waals surface area contributed by atoms with Crippen LogP contribution in [0.25, 0.3) is 0 Å². The van der Waals surface area contributed by atoms with E-state index in [2.05, 4.69) is 0 Å². The number of carbonyl (C=O) groups excluding carboxylic acids is 3. The highest BCUT2D eigenvalue weighted by molar-refractivity contribution is 5.85. The lowest BCUT2D eigenvalue weighted by molar-refractivity contribution is -0.138. The second-order valence-electron chi connectivity index (χ2n) is 6.17. The smallest absolute Gasteiger partial charge is 0.223 e. The molecule has 1 aliphatic heterocycles. The van der Waals surface area contributed by atoms with Crippen molar-refractivity contribution in [3.8, 4) is 0 Å². The summed E-state index contributed by atoms with van der Waals surface area (Å²) in [5, 5.41) is 0. The van der Waals surface area contributed by atoms with Crippen LogP contribution in [-0.2, 0) is 20.9 Å². The molecule has 1 fully saturated rings. The summed E-state index contributed by atoms with van der Waals surface area (Å²) in [7, 11) is 1.75. The van der Waals surface area contributed by atoms with Crippen molar-refractivity contribution in [3.05, 3.63) is 35.4 Å². The zero-order chi connectivity index (χ0) is 16.8. The zero-order valence-corrected chi connectivity index (χ0v) is 13.8. The van der Waals surface area contributed by atoms with Gasteiger partial charge in [-0.1, -0.05) is 29.8 Å². The molecule has 5 heteroatoms. The molecule has 23 heavy (non-hydrogen) atoms. The summed E-state index contributed by atoms with van der Waals surface area (Å²) in [6.45, 7) is 3.18. The first kappa shape index (κ1) is 17.2. The Morgan fingerprint density at radius 1 is 1.26 bits per heavy atom. The monoisotopic (exact) mass is 316 g/mol. The molecule has 1 aromatic carbocycles. The van der Waals surface area contributed by atoms with E-state index in [0.717, 1.165) is 24.7 Å². The molecule has 0 spiro atoms. The zero-order valence-electron chi connectivity index (χ0n) is 13.8. The predicted molar refractivity (Wildman–Crippen MR) is 87.7 cm³/mol. The van der Waals surface area contributed by atoms with Gasteiger partial charge in [-0.3, -0.25) is 9.59 Å². The predicted octanol–water partition coefficient (Wildman–Crippen LogP) is 1.92. The highest BCUT2D eigenvalue weighted by Gasteiger charge is 2.28.